The van der Waals surface area contributed by atoms with Gasteiger partial charge in [-0.25, -0.2) is 0 Å². The van der Waals surface area contributed by atoms with Gasteiger partial charge in [-0.1, -0.05) is 29.4 Å². The summed E-state index contributed by atoms with van der Waals surface area (Å²) in [7, 11) is 0. The van der Waals surface area contributed by atoms with Gasteiger partial charge < -0.3 is 4.74 Å². The SMILES string of the molecule is O=c1c2nnc(SCC3CCCOC3)n2ccn1-c1cccc(Cl)c1. The summed E-state index contributed by atoms with van der Waals surface area (Å²) >= 11 is 7.64. The number of rotatable bonds is 4. The standard InChI is InChI=1S/C17H17ClN4O2S/c18-13-4-1-5-14(9-13)21-6-7-22-15(16(21)23)19-20-17(22)25-11-12-3-2-8-24-10-12/h1,4-7,9,12H,2-3,8,10-11H2. The smallest absolute Gasteiger partial charge is 0.300 e. The van der Waals surface area contributed by atoms with Crippen LogP contribution in [0.5, 0.6) is 0 Å². The van der Waals surface area contributed by atoms with Crippen molar-refractivity contribution in [3.63, 3.8) is 0 Å². The average Bonchev–Trinajstić information content (AvgIpc) is 3.05. The van der Waals surface area contributed by atoms with Crippen molar-refractivity contribution >= 4 is 29.0 Å². The predicted molar refractivity (Wildman–Crippen MR) is 97.9 cm³/mol. The van der Waals surface area contributed by atoms with Crippen LogP contribution in [0.4, 0.5) is 0 Å². The summed E-state index contributed by atoms with van der Waals surface area (Å²) in [5, 5.41) is 9.59. The molecule has 0 bridgehead atoms. The van der Waals surface area contributed by atoms with Gasteiger partial charge in [-0.3, -0.25) is 13.8 Å². The third kappa shape index (κ3) is 3.44. The van der Waals surface area contributed by atoms with Crippen LogP contribution in [0.2, 0.25) is 5.02 Å². The molecule has 1 saturated heterocycles. The summed E-state index contributed by atoms with van der Waals surface area (Å²) in [4.78, 5) is 12.7. The molecule has 2 aromatic heterocycles. The van der Waals surface area contributed by atoms with Gasteiger partial charge in [0.1, 0.15) is 0 Å². The zero-order valence-corrected chi connectivity index (χ0v) is 15.0. The Labute approximate surface area is 153 Å². The summed E-state index contributed by atoms with van der Waals surface area (Å²) in [6, 6.07) is 7.16. The molecule has 25 heavy (non-hydrogen) atoms. The summed E-state index contributed by atoms with van der Waals surface area (Å²) in [5.41, 5.74) is 0.798. The molecule has 1 aromatic carbocycles. The van der Waals surface area contributed by atoms with E-state index in [0.29, 0.717) is 22.3 Å². The second-order valence-electron chi connectivity index (χ2n) is 6.02. The van der Waals surface area contributed by atoms with E-state index >= 15 is 0 Å². The largest absolute Gasteiger partial charge is 0.381 e. The first kappa shape index (κ1) is 16.6. The van der Waals surface area contributed by atoms with Crippen LogP contribution in [0.15, 0.2) is 46.6 Å². The molecular weight excluding hydrogens is 360 g/mol. The van der Waals surface area contributed by atoms with Gasteiger partial charge in [0, 0.05) is 29.8 Å². The fourth-order valence-electron chi connectivity index (χ4n) is 2.92. The molecule has 0 spiro atoms. The van der Waals surface area contributed by atoms with Crippen molar-refractivity contribution in [1.29, 1.82) is 0 Å². The second-order valence-corrected chi connectivity index (χ2v) is 7.45. The molecule has 4 rings (SSSR count). The normalized spacial score (nSPS) is 17.9. The fraction of sp³-hybridized carbons (Fsp3) is 0.353. The predicted octanol–water partition coefficient (Wildman–Crippen LogP) is 3.05. The Hall–Kier alpha value is -1.83. The minimum Gasteiger partial charge on any atom is -0.381 e. The Morgan fingerprint density at radius 3 is 3.04 bits per heavy atom. The maximum absolute atomic E-state index is 12.7. The van der Waals surface area contributed by atoms with Crippen molar-refractivity contribution in [2.45, 2.75) is 18.0 Å². The fourth-order valence-corrected chi connectivity index (χ4v) is 4.14. The van der Waals surface area contributed by atoms with Crippen LogP contribution < -0.4 is 5.56 Å². The highest BCUT2D eigenvalue weighted by atomic mass is 35.5. The van der Waals surface area contributed by atoms with Gasteiger partial charge >= 0.3 is 5.56 Å². The summed E-state index contributed by atoms with van der Waals surface area (Å²) < 4.78 is 8.79. The first-order valence-electron chi connectivity index (χ1n) is 8.15. The molecule has 1 unspecified atom stereocenters. The highest BCUT2D eigenvalue weighted by Gasteiger charge is 2.17. The molecule has 0 radical (unpaired) electrons. The van der Waals surface area contributed by atoms with Gasteiger partial charge in [-0.05, 0) is 37.0 Å². The molecule has 1 atom stereocenters. The van der Waals surface area contributed by atoms with Crippen LogP contribution in [-0.4, -0.2) is 38.1 Å². The zero-order chi connectivity index (χ0) is 17.2. The van der Waals surface area contributed by atoms with Crippen molar-refractivity contribution in [2.75, 3.05) is 19.0 Å². The number of hydrogen-bond acceptors (Lipinski definition) is 5. The second kappa shape index (κ2) is 7.19. The Morgan fingerprint density at radius 1 is 1.32 bits per heavy atom. The van der Waals surface area contributed by atoms with E-state index < -0.39 is 0 Å². The lowest BCUT2D eigenvalue weighted by atomic mass is 10.1. The molecule has 1 aliphatic heterocycles. The molecule has 1 aliphatic rings. The van der Waals surface area contributed by atoms with Crippen LogP contribution >= 0.6 is 23.4 Å². The van der Waals surface area contributed by atoms with Crippen molar-refractivity contribution in [2.24, 2.45) is 5.92 Å². The third-order valence-electron chi connectivity index (χ3n) is 4.23. The number of benzene rings is 1. The van der Waals surface area contributed by atoms with Crippen LogP contribution in [0.3, 0.4) is 0 Å². The van der Waals surface area contributed by atoms with E-state index in [1.807, 2.05) is 18.3 Å². The van der Waals surface area contributed by atoms with Gasteiger partial charge in [-0.15, -0.1) is 10.2 Å². The number of thioether (sulfide) groups is 1. The highest BCUT2D eigenvalue weighted by Crippen LogP contribution is 2.24. The van der Waals surface area contributed by atoms with Crippen molar-refractivity contribution in [1.82, 2.24) is 19.2 Å². The Morgan fingerprint density at radius 2 is 2.24 bits per heavy atom. The van der Waals surface area contributed by atoms with Gasteiger partial charge in [0.2, 0.25) is 5.65 Å². The quantitative estimate of drug-likeness (QED) is 0.655. The number of nitrogens with zero attached hydrogens (tertiary/aromatic N) is 4. The lowest BCUT2D eigenvalue weighted by Crippen LogP contribution is -2.20. The van der Waals surface area contributed by atoms with E-state index in [2.05, 4.69) is 10.2 Å². The van der Waals surface area contributed by atoms with Crippen molar-refractivity contribution in [3.05, 3.63) is 52.0 Å². The average molecular weight is 377 g/mol. The minimum atomic E-state index is -0.217. The van der Waals surface area contributed by atoms with Crippen molar-refractivity contribution in [3.8, 4) is 5.69 Å². The monoisotopic (exact) mass is 376 g/mol. The van der Waals surface area contributed by atoms with Gasteiger partial charge in [0.25, 0.3) is 0 Å². The number of hydrogen-bond donors (Lipinski definition) is 0. The topological polar surface area (TPSA) is 61.4 Å². The Kier molecular flexibility index (Phi) is 4.78. The van der Waals surface area contributed by atoms with Gasteiger partial charge in [0.05, 0.1) is 12.3 Å². The van der Waals surface area contributed by atoms with Crippen molar-refractivity contribution < 1.29 is 4.74 Å². The van der Waals surface area contributed by atoms with E-state index in [4.69, 9.17) is 16.3 Å². The number of ether oxygens (including phenoxy) is 1. The van der Waals surface area contributed by atoms with Crippen LogP contribution in [0.1, 0.15) is 12.8 Å². The van der Waals surface area contributed by atoms with E-state index in [1.165, 1.54) is 11.0 Å². The summed E-state index contributed by atoms with van der Waals surface area (Å²) in [6.45, 7) is 1.66. The molecule has 0 N–H and O–H groups in total. The Balaban J connectivity index is 1.62. The Bertz CT molecular complexity index is 949. The van der Waals surface area contributed by atoms with E-state index in [0.717, 1.165) is 30.5 Å². The van der Waals surface area contributed by atoms with E-state index in [1.54, 1.807) is 34.5 Å². The molecule has 0 saturated carbocycles. The van der Waals surface area contributed by atoms with Gasteiger partial charge in [-0.2, -0.15) is 0 Å². The van der Waals surface area contributed by atoms with Crippen LogP contribution in [0, 0.1) is 5.92 Å². The minimum absolute atomic E-state index is 0.217. The number of fused-ring (bicyclic) bond motifs is 1. The molecule has 1 fully saturated rings. The van der Waals surface area contributed by atoms with Crippen LogP contribution in [0.25, 0.3) is 11.3 Å². The molecule has 0 amide bonds. The number of aromatic nitrogens is 4. The third-order valence-corrected chi connectivity index (χ3v) is 5.64. The molecule has 3 aromatic rings. The number of halogens is 1. The van der Waals surface area contributed by atoms with Crippen LogP contribution in [-0.2, 0) is 4.74 Å². The summed E-state index contributed by atoms with van der Waals surface area (Å²) in [6.07, 6.45) is 5.82. The maximum atomic E-state index is 12.7. The molecule has 130 valence electrons. The van der Waals surface area contributed by atoms with E-state index in [-0.39, 0.29) is 5.56 Å². The summed E-state index contributed by atoms with van der Waals surface area (Å²) in [5.74, 6) is 1.44. The van der Waals surface area contributed by atoms with E-state index in [9.17, 15) is 4.79 Å². The lowest BCUT2D eigenvalue weighted by molar-refractivity contribution is 0.0632. The molecule has 6 nitrogen and oxygen atoms in total. The molecule has 8 heteroatoms. The highest BCUT2D eigenvalue weighted by molar-refractivity contribution is 7.99. The first-order valence-corrected chi connectivity index (χ1v) is 9.51. The molecular formula is C17H17ClN4O2S. The molecule has 3 heterocycles. The van der Waals surface area contributed by atoms with Gasteiger partial charge in [0.15, 0.2) is 5.16 Å². The first-order chi connectivity index (χ1) is 12.2. The maximum Gasteiger partial charge on any atom is 0.300 e. The molecule has 0 aliphatic carbocycles. The lowest BCUT2D eigenvalue weighted by Gasteiger charge is -2.20. The zero-order valence-electron chi connectivity index (χ0n) is 13.5.